The minimum atomic E-state index is 0.122. The van der Waals surface area contributed by atoms with Crippen molar-refractivity contribution >= 4 is 17.5 Å². The van der Waals surface area contributed by atoms with Crippen molar-refractivity contribution in [3.05, 3.63) is 41.1 Å². The Morgan fingerprint density at radius 1 is 1.33 bits per heavy atom. The molecule has 27 heavy (non-hydrogen) atoms. The summed E-state index contributed by atoms with van der Waals surface area (Å²) in [6, 6.07) is 10.1. The Bertz CT molecular complexity index is 830. The summed E-state index contributed by atoms with van der Waals surface area (Å²) in [5.74, 6) is 1.40. The number of aryl methyl sites for hydroxylation is 2. The van der Waals surface area contributed by atoms with Crippen LogP contribution in [0.4, 0.5) is 17.5 Å². The molecule has 1 aliphatic rings. The van der Waals surface area contributed by atoms with E-state index < -0.39 is 0 Å². The predicted molar refractivity (Wildman–Crippen MR) is 107 cm³/mol. The third-order valence-corrected chi connectivity index (χ3v) is 5.05. The van der Waals surface area contributed by atoms with Gasteiger partial charge in [-0.1, -0.05) is 19.4 Å². The van der Waals surface area contributed by atoms with Crippen LogP contribution in [0, 0.1) is 18.3 Å². The molecule has 1 fully saturated rings. The highest BCUT2D eigenvalue weighted by molar-refractivity contribution is 5.59. The van der Waals surface area contributed by atoms with Crippen molar-refractivity contribution in [2.45, 2.75) is 52.0 Å². The molecule has 1 aliphatic heterocycles. The van der Waals surface area contributed by atoms with Crippen molar-refractivity contribution in [3.63, 3.8) is 0 Å². The molecule has 6 heteroatoms. The lowest BCUT2D eigenvalue weighted by molar-refractivity contribution is 0.266. The standard InChI is InChI=1S/C21H27N5O/c1-3-4-6-17-12-20(26-10-5-7-19(26)14-27)25-21(23-17)24-18-9-8-15(2)16(11-18)13-22/h8-9,11-12,19,27H,3-7,10,14H2,1-2H3,(H,23,24,25)/t19-/m0/s1. The Morgan fingerprint density at radius 2 is 2.19 bits per heavy atom. The van der Waals surface area contributed by atoms with Gasteiger partial charge in [0.15, 0.2) is 0 Å². The number of hydrogen-bond donors (Lipinski definition) is 2. The Kier molecular flexibility index (Phi) is 6.25. The molecule has 0 saturated carbocycles. The lowest BCUT2D eigenvalue weighted by Crippen LogP contribution is -2.33. The summed E-state index contributed by atoms with van der Waals surface area (Å²) in [6.07, 6.45) is 5.12. The van der Waals surface area contributed by atoms with E-state index in [0.29, 0.717) is 11.5 Å². The number of hydrogen-bond acceptors (Lipinski definition) is 6. The van der Waals surface area contributed by atoms with Gasteiger partial charge < -0.3 is 15.3 Å². The normalized spacial score (nSPS) is 16.4. The van der Waals surface area contributed by atoms with Crippen molar-refractivity contribution in [2.75, 3.05) is 23.4 Å². The Morgan fingerprint density at radius 3 is 2.93 bits per heavy atom. The summed E-state index contributed by atoms with van der Waals surface area (Å²) >= 11 is 0. The molecule has 0 unspecified atom stereocenters. The number of unbranched alkanes of at least 4 members (excludes halogenated alkanes) is 1. The van der Waals surface area contributed by atoms with Crippen molar-refractivity contribution in [1.29, 1.82) is 5.26 Å². The summed E-state index contributed by atoms with van der Waals surface area (Å²) in [4.78, 5) is 11.6. The third kappa shape index (κ3) is 4.55. The highest BCUT2D eigenvalue weighted by atomic mass is 16.3. The molecule has 3 rings (SSSR count). The summed E-state index contributed by atoms with van der Waals surface area (Å²) in [6.45, 7) is 5.13. The van der Waals surface area contributed by atoms with E-state index in [-0.39, 0.29) is 12.6 Å². The number of rotatable bonds is 7. The maximum Gasteiger partial charge on any atom is 0.229 e. The molecule has 0 spiro atoms. The van der Waals surface area contributed by atoms with E-state index in [1.54, 1.807) is 0 Å². The summed E-state index contributed by atoms with van der Waals surface area (Å²) < 4.78 is 0. The number of aliphatic hydroxyl groups excluding tert-OH is 1. The van der Waals surface area contributed by atoms with Crippen LogP contribution >= 0.6 is 0 Å². The fourth-order valence-corrected chi connectivity index (χ4v) is 3.45. The van der Waals surface area contributed by atoms with Crippen molar-refractivity contribution < 1.29 is 5.11 Å². The van der Waals surface area contributed by atoms with Gasteiger partial charge in [0.1, 0.15) is 5.82 Å². The van der Waals surface area contributed by atoms with Gasteiger partial charge in [0.05, 0.1) is 24.3 Å². The molecule has 0 bridgehead atoms. The van der Waals surface area contributed by atoms with Gasteiger partial charge in [-0.3, -0.25) is 0 Å². The van der Waals surface area contributed by atoms with Crippen LogP contribution < -0.4 is 10.2 Å². The van der Waals surface area contributed by atoms with Gasteiger partial charge in [-0.2, -0.15) is 10.2 Å². The molecule has 1 saturated heterocycles. The first-order valence-corrected chi connectivity index (χ1v) is 9.67. The molecule has 1 atom stereocenters. The van der Waals surface area contributed by atoms with E-state index in [9.17, 15) is 10.4 Å². The van der Waals surface area contributed by atoms with E-state index >= 15 is 0 Å². The number of aromatic nitrogens is 2. The zero-order valence-electron chi connectivity index (χ0n) is 16.1. The van der Waals surface area contributed by atoms with Crippen molar-refractivity contribution in [2.24, 2.45) is 0 Å². The quantitative estimate of drug-likeness (QED) is 0.778. The Hall–Kier alpha value is -2.65. The second-order valence-electron chi connectivity index (χ2n) is 7.08. The second kappa shape index (κ2) is 8.83. The minimum Gasteiger partial charge on any atom is -0.394 e. The monoisotopic (exact) mass is 365 g/mol. The first kappa shape index (κ1) is 19.1. The van der Waals surface area contributed by atoms with Crippen LogP contribution in [0.15, 0.2) is 24.3 Å². The molecule has 2 heterocycles. The van der Waals surface area contributed by atoms with E-state index in [2.05, 4.69) is 28.2 Å². The van der Waals surface area contributed by atoms with Gasteiger partial charge >= 0.3 is 0 Å². The molecular formula is C21H27N5O. The van der Waals surface area contributed by atoms with E-state index in [4.69, 9.17) is 4.98 Å². The zero-order chi connectivity index (χ0) is 19.2. The van der Waals surface area contributed by atoms with Crippen LogP contribution in [0.2, 0.25) is 0 Å². The van der Waals surface area contributed by atoms with Crippen LogP contribution in [-0.2, 0) is 6.42 Å². The zero-order valence-corrected chi connectivity index (χ0v) is 16.1. The van der Waals surface area contributed by atoms with Gasteiger partial charge in [-0.25, -0.2) is 4.98 Å². The first-order chi connectivity index (χ1) is 13.1. The summed E-state index contributed by atoms with van der Waals surface area (Å²) in [5.41, 5.74) is 3.39. The number of nitriles is 1. The highest BCUT2D eigenvalue weighted by Crippen LogP contribution is 2.27. The first-order valence-electron chi connectivity index (χ1n) is 9.67. The number of nitrogens with one attached hydrogen (secondary N) is 1. The van der Waals surface area contributed by atoms with Gasteiger partial charge in [-0.05, 0) is 50.3 Å². The molecule has 1 aromatic heterocycles. The maximum absolute atomic E-state index is 9.67. The number of anilines is 3. The van der Waals surface area contributed by atoms with Crippen LogP contribution in [0.3, 0.4) is 0 Å². The molecule has 0 aliphatic carbocycles. The lowest BCUT2D eigenvalue weighted by Gasteiger charge is -2.25. The third-order valence-electron chi connectivity index (χ3n) is 5.05. The molecule has 142 valence electrons. The minimum absolute atomic E-state index is 0.122. The van der Waals surface area contributed by atoms with Gasteiger partial charge in [0.2, 0.25) is 5.95 Å². The lowest BCUT2D eigenvalue weighted by atomic mass is 10.1. The van der Waals surface area contributed by atoms with E-state index in [1.807, 2.05) is 31.2 Å². The van der Waals surface area contributed by atoms with Crippen LogP contribution in [-0.4, -0.2) is 34.3 Å². The number of aliphatic hydroxyl groups is 1. The maximum atomic E-state index is 9.67. The van der Waals surface area contributed by atoms with Gasteiger partial charge in [0, 0.05) is 24.0 Å². The van der Waals surface area contributed by atoms with Crippen LogP contribution in [0.1, 0.15) is 49.4 Å². The van der Waals surface area contributed by atoms with E-state index in [0.717, 1.165) is 61.4 Å². The fraction of sp³-hybridized carbons (Fsp3) is 0.476. The Balaban J connectivity index is 1.91. The molecule has 6 nitrogen and oxygen atoms in total. The molecule has 0 amide bonds. The molecule has 0 radical (unpaired) electrons. The average Bonchev–Trinajstić information content (AvgIpc) is 3.16. The topological polar surface area (TPSA) is 85.1 Å². The largest absolute Gasteiger partial charge is 0.394 e. The molecule has 2 N–H and O–H groups in total. The van der Waals surface area contributed by atoms with Crippen LogP contribution in [0.5, 0.6) is 0 Å². The summed E-state index contributed by atoms with van der Waals surface area (Å²) in [5, 5.41) is 22.2. The smallest absolute Gasteiger partial charge is 0.229 e. The number of nitrogens with zero attached hydrogens (tertiary/aromatic N) is 4. The van der Waals surface area contributed by atoms with Crippen molar-refractivity contribution in [3.8, 4) is 6.07 Å². The SMILES string of the molecule is CCCCc1cc(N2CCC[C@H]2CO)nc(Nc2ccc(C)c(C#N)c2)n1. The van der Waals surface area contributed by atoms with E-state index in [1.165, 1.54) is 0 Å². The van der Waals surface area contributed by atoms with Crippen LogP contribution in [0.25, 0.3) is 0 Å². The summed E-state index contributed by atoms with van der Waals surface area (Å²) in [7, 11) is 0. The Labute approximate surface area is 160 Å². The second-order valence-corrected chi connectivity index (χ2v) is 7.08. The van der Waals surface area contributed by atoms with Crippen molar-refractivity contribution in [1.82, 2.24) is 9.97 Å². The highest BCUT2D eigenvalue weighted by Gasteiger charge is 2.25. The van der Waals surface area contributed by atoms with Gasteiger partial charge in [0.25, 0.3) is 0 Å². The number of benzene rings is 1. The fourth-order valence-electron chi connectivity index (χ4n) is 3.45. The molecule has 2 aromatic rings. The van der Waals surface area contributed by atoms with Gasteiger partial charge in [-0.15, -0.1) is 0 Å². The molecule has 1 aromatic carbocycles. The average molecular weight is 365 g/mol. The predicted octanol–water partition coefficient (Wildman–Crippen LogP) is 3.70. The molecular weight excluding hydrogens is 338 g/mol.